The predicted octanol–water partition coefficient (Wildman–Crippen LogP) is 0.680. The minimum atomic E-state index is 0.230. The van der Waals surface area contributed by atoms with Crippen molar-refractivity contribution < 1.29 is 4.79 Å². The lowest BCUT2D eigenvalue weighted by molar-refractivity contribution is -0.129. The van der Waals surface area contributed by atoms with E-state index in [0.717, 1.165) is 12.6 Å². The van der Waals surface area contributed by atoms with Crippen molar-refractivity contribution in [2.24, 2.45) is 0 Å². The van der Waals surface area contributed by atoms with Gasteiger partial charge in [-0.15, -0.1) is 0 Å². The molecule has 4 nitrogen and oxygen atoms in total. The Hall–Kier alpha value is -0.610. The molecule has 0 bridgehead atoms. The van der Waals surface area contributed by atoms with Gasteiger partial charge < -0.3 is 10.2 Å². The third kappa shape index (κ3) is 3.68. The first kappa shape index (κ1) is 12.8. The maximum Gasteiger partial charge on any atom is 0.236 e. The Kier molecular flexibility index (Phi) is 4.05. The molecule has 0 aliphatic heterocycles. The Balaban J connectivity index is 1.59. The van der Waals surface area contributed by atoms with Crippen molar-refractivity contribution >= 4 is 5.91 Å². The highest BCUT2D eigenvalue weighted by atomic mass is 16.2. The van der Waals surface area contributed by atoms with Crippen LogP contribution >= 0.6 is 0 Å². The molecule has 0 radical (unpaired) electrons. The number of hydrogen-bond acceptors (Lipinski definition) is 3. The topological polar surface area (TPSA) is 35.6 Å². The smallest absolute Gasteiger partial charge is 0.236 e. The summed E-state index contributed by atoms with van der Waals surface area (Å²) in [6.07, 6.45) is 5.04. The lowest BCUT2D eigenvalue weighted by Crippen LogP contribution is -2.43. The van der Waals surface area contributed by atoms with E-state index in [4.69, 9.17) is 0 Å². The first-order valence-electron chi connectivity index (χ1n) is 6.78. The number of amides is 1. The second kappa shape index (κ2) is 5.36. The second-order valence-electron chi connectivity index (χ2n) is 5.61. The molecule has 0 aromatic carbocycles. The van der Waals surface area contributed by atoms with Gasteiger partial charge in [0, 0.05) is 31.7 Å². The average molecular weight is 239 g/mol. The fourth-order valence-electron chi connectivity index (χ4n) is 2.16. The van der Waals surface area contributed by atoms with Crippen molar-refractivity contribution in [3.63, 3.8) is 0 Å². The zero-order valence-electron chi connectivity index (χ0n) is 11.3. The van der Waals surface area contributed by atoms with Crippen LogP contribution in [-0.2, 0) is 4.79 Å². The van der Waals surface area contributed by atoms with E-state index in [9.17, 15) is 4.79 Å². The van der Waals surface area contributed by atoms with Crippen molar-refractivity contribution in [2.45, 2.75) is 50.7 Å². The highest BCUT2D eigenvalue weighted by Gasteiger charge is 2.30. The normalized spacial score (nSPS) is 21.6. The third-order valence-electron chi connectivity index (χ3n) is 4.02. The van der Waals surface area contributed by atoms with E-state index in [1.54, 1.807) is 0 Å². The first-order chi connectivity index (χ1) is 8.09. The summed E-state index contributed by atoms with van der Waals surface area (Å²) < 4.78 is 0. The van der Waals surface area contributed by atoms with Gasteiger partial charge in [-0.05, 0) is 39.7 Å². The van der Waals surface area contributed by atoms with E-state index >= 15 is 0 Å². The molecule has 0 aromatic rings. The molecule has 1 amide bonds. The summed E-state index contributed by atoms with van der Waals surface area (Å²) in [4.78, 5) is 16.1. The van der Waals surface area contributed by atoms with Gasteiger partial charge in [0.25, 0.3) is 0 Å². The zero-order valence-corrected chi connectivity index (χ0v) is 11.3. The van der Waals surface area contributed by atoms with Crippen molar-refractivity contribution in [3.8, 4) is 0 Å². The summed E-state index contributed by atoms with van der Waals surface area (Å²) in [6, 6.07) is 1.83. The van der Waals surface area contributed by atoms with Gasteiger partial charge >= 0.3 is 0 Å². The van der Waals surface area contributed by atoms with E-state index in [0.29, 0.717) is 18.6 Å². The molecule has 2 aliphatic rings. The lowest BCUT2D eigenvalue weighted by atomic mass is 10.3. The predicted molar refractivity (Wildman–Crippen MR) is 68.9 cm³/mol. The monoisotopic (exact) mass is 239 g/mol. The molecule has 2 aliphatic carbocycles. The Labute approximate surface area is 104 Å². The lowest BCUT2D eigenvalue weighted by Gasteiger charge is -2.25. The summed E-state index contributed by atoms with van der Waals surface area (Å²) >= 11 is 0. The first-order valence-corrected chi connectivity index (χ1v) is 6.78. The summed E-state index contributed by atoms with van der Waals surface area (Å²) in [6.45, 7) is 3.60. The number of hydrogen-bond donors (Lipinski definition) is 1. The quantitative estimate of drug-likeness (QED) is 0.709. The van der Waals surface area contributed by atoms with Gasteiger partial charge in [0.05, 0.1) is 6.54 Å². The van der Waals surface area contributed by atoms with Crippen LogP contribution in [0.15, 0.2) is 0 Å². The molecule has 98 valence electrons. The number of nitrogens with zero attached hydrogens (tertiary/aromatic N) is 2. The highest BCUT2D eigenvalue weighted by Crippen LogP contribution is 2.26. The molecule has 4 heteroatoms. The van der Waals surface area contributed by atoms with Crippen LogP contribution < -0.4 is 5.32 Å². The van der Waals surface area contributed by atoms with Gasteiger partial charge in [-0.25, -0.2) is 0 Å². The molecule has 0 saturated heterocycles. The van der Waals surface area contributed by atoms with Gasteiger partial charge in [0.1, 0.15) is 0 Å². The molecule has 1 atom stereocenters. The summed E-state index contributed by atoms with van der Waals surface area (Å²) in [5, 5.41) is 3.28. The van der Waals surface area contributed by atoms with Crippen LogP contribution in [0.1, 0.15) is 32.6 Å². The second-order valence-corrected chi connectivity index (χ2v) is 5.61. The van der Waals surface area contributed by atoms with Gasteiger partial charge in [0.15, 0.2) is 0 Å². The van der Waals surface area contributed by atoms with Gasteiger partial charge in [-0.1, -0.05) is 0 Å². The van der Waals surface area contributed by atoms with E-state index in [1.807, 2.05) is 11.9 Å². The van der Waals surface area contributed by atoms with Crippen molar-refractivity contribution in [2.75, 3.05) is 27.2 Å². The van der Waals surface area contributed by atoms with Crippen molar-refractivity contribution in [3.05, 3.63) is 0 Å². The van der Waals surface area contributed by atoms with E-state index in [1.165, 1.54) is 25.7 Å². The van der Waals surface area contributed by atoms with Crippen LogP contribution in [-0.4, -0.2) is 61.0 Å². The Bertz CT molecular complexity index is 274. The highest BCUT2D eigenvalue weighted by molar-refractivity contribution is 5.78. The number of likely N-dealkylation sites (N-methyl/N-ethyl adjacent to an activating group) is 2. The van der Waals surface area contributed by atoms with Gasteiger partial charge in [0.2, 0.25) is 5.91 Å². The number of nitrogens with one attached hydrogen (secondary N) is 1. The standard InChI is InChI=1S/C13H25N3O/c1-10(15(2)11-4-5-11)8-14-9-13(17)16(3)12-6-7-12/h10-12,14H,4-9H2,1-3H3. The fourth-order valence-corrected chi connectivity index (χ4v) is 2.16. The maximum atomic E-state index is 11.8. The largest absolute Gasteiger partial charge is 0.342 e. The minimum absolute atomic E-state index is 0.230. The van der Waals surface area contributed by atoms with Gasteiger partial charge in [-0.2, -0.15) is 0 Å². The number of carbonyl (C=O) groups excluding carboxylic acids is 1. The molecule has 0 heterocycles. The van der Waals surface area contributed by atoms with Crippen molar-refractivity contribution in [1.82, 2.24) is 15.1 Å². The summed E-state index contributed by atoms with van der Waals surface area (Å²) in [7, 11) is 4.10. The van der Waals surface area contributed by atoms with E-state index in [2.05, 4.69) is 24.2 Å². The SMILES string of the molecule is CC(CNCC(=O)N(C)C1CC1)N(C)C1CC1. The molecule has 0 spiro atoms. The van der Waals surface area contributed by atoms with Crippen LogP contribution in [0.5, 0.6) is 0 Å². The molecular formula is C13H25N3O. The van der Waals surface area contributed by atoms with Crippen LogP contribution in [0.2, 0.25) is 0 Å². The maximum absolute atomic E-state index is 11.8. The number of rotatable bonds is 7. The Morgan fingerprint density at radius 3 is 2.35 bits per heavy atom. The molecule has 2 fully saturated rings. The zero-order chi connectivity index (χ0) is 12.4. The van der Waals surface area contributed by atoms with Gasteiger partial charge in [-0.3, -0.25) is 9.69 Å². The van der Waals surface area contributed by atoms with Crippen LogP contribution in [0, 0.1) is 0 Å². The Morgan fingerprint density at radius 1 is 1.24 bits per heavy atom. The molecule has 17 heavy (non-hydrogen) atoms. The number of carbonyl (C=O) groups is 1. The Morgan fingerprint density at radius 2 is 1.82 bits per heavy atom. The molecule has 0 aromatic heterocycles. The minimum Gasteiger partial charge on any atom is -0.342 e. The molecule has 1 N–H and O–H groups in total. The molecular weight excluding hydrogens is 214 g/mol. The molecule has 2 rings (SSSR count). The van der Waals surface area contributed by atoms with Crippen molar-refractivity contribution in [1.29, 1.82) is 0 Å². The van der Waals surface area contributed by atoms with Crippen LogP contribution in [0.4, 0.5) is 0 Å². The van der Waals surface area contributed by atoms with Crippen LogP contribution in [0.25, 0.3) is 0 Å². The van der Waals surface area contributed by atoms with E-state index < -0.39 is 0 Å². The summed E-state index contributed by atoms with van der Waals surface area (Å²) in [5.74, 6) is 0.230. The third-order valence-corrected chi connectivity index (χ3v) is 4.02. The summed E-state index contributed by atoms with van der Waals surface area (Å²) in [5.41, 5.74) is 0. The average Bonchev–Trinajstić information content (AvgIpc) is 3.19. The molecule has 2 saturated carbocycles. The van der Waals surface area contributed by atoms with Crippen LogP contribution in [0.3, 0.4) is 0 Å². The molecule has 1 unspecified atom stereocenters. The fraction of sp³-hybridized carbons (Fsp3) is 0.923. The van der Waals surface area contributed by atoms with E-state index in [-0.39, 0.29) is 5.91 Å².